The number of fused-ring (bicyclic) bond motifs is 1. The number of methoxy groups -OCH3 is 3. The topological polar surface area (TPSA) is 36.9 Å². The van der Waals surface area contributed by atoms with Crippen LogP contribution < -0.4 is 9.47 Å². The van der Waals surface area contributed by atoms with Crippen LogP contribution in [0.1, 0.15) is 22.8 Å². The van der Waals surface area contributed by atoms with E-state index in [1.54, 1.807) is 21.3 Å². The van der Waals surface area contributed by atoms with Crippen LogP contribution in [0.5, 0.6) is 11.5 Å². The van der Waals surface area contributed by atoms with E-state index < -0.39 is 0 Å². The fourth-order valence-corrected chi connectivity index (χ4v) is 4.08. The number of rotatable bonds is 6. The first kappa shape index (κ1) is 15.7. The molecule has 1 atom stereocenters. The normalized spacial score (nSPS) is 16.2. The molecule has 0 N–H and O–H groups in total. The van der Waals surface area contributed by atoms with Crippen LogP contribution in [0.25, 0.3) is 0 Å². The van der Waals surface area contributed by atoms with Crippen molar-refractivity contribution in [2.75, 3.05) is 27.9 Å². The molecule has 1 aliphatic rings. The quantitative estimate of drug-likeness (QED) is 0.746. The van der Waals surface area contributed by atoms with E-state index in [2.05, 4.69) is 11.8 Å². The van der Waals surface area contributed by atoms with Crippen LogP contribution in [0.15, 0.2) is 6.07 Å². The fourth-order valence-electron chi connectivity index (χ4n) is 2.66. The van der Waals surface area contributed by atoms with Gasteiger partial charge in [0.1, 0.15) is 0 Å². The molecular formula is C15H22AsO4. The second-order valence-electron chi connectivity index (χ2n) is 4.68. The Balaban J connectivity index is 2.55. The van der Waals surface area contributed by atoms with Gasteiger partial charge in [-0.25, -0.2) is 0 Å². The minimum atomic E-state index is 0.0658. The van der Waals surface area contributed by atoms with Crippen molar-refractivity contribution in [2.45, 2.75) is 30.1 Å². The van der Waals surface area contributed by atoms with Crippen molar-refractivity contribution < 1.29 is 18.9 Å². The number of benzene rings is 1. The van der Waals surface area contributed by atoms with E-state index in [4.69, 9.17) is 18.9 Å². The maximum atomic E-state index is 5.67. The van der Waals surface area contributed by atoms with Crippen molar-refractivity contribution >= 4 is 15.8 Å². The first-order chi connectivity index (χ1) is 9.76. The molecule has 111 valence electrons. The summed E-state index contributed by atoms with van der Waals surface area (Å²) in [4.78, 5) is 0. The van der Waals surface area contributed by atoms with E-state index >= 15 is 0 Å². The third kappa shape index (κ3) is 2.98. The van der Waals surface area contributed by atoms with Gasteiger partial charge in [-0.05, 0) is 0 Å². The van der Waals surface area contributed by atoms with E-state index in [1.165, 1.54) is 5.56 Å². The van der Waals surface area contributed by atoms with Gasteiger partial charge in [0.15, 0.2) is 0 Å². The molecule has 0 saturated carbocycles. The van der Waals surface area contributed by atoms with Gasteiger partial charge in [-0.1, -0.05) is 0 Å². The van der Waals surface area contributed by atoms with Crippen molar-refractivity contribution in [2.24, 2.45) is 0 Å². The molecule has 1 aromatic carbocycles. The molecule has 1 heterocycles. The van der Waals surface area contributed by atoms with Crippen molar-refractivity contribution in [3.05, 3.63) is 22.8 Å². The van der Waals surface area contributed by atoms with Crippen LogP contribution >= 0.6 is 0 Å². The molecule has 0 fully saturated rings. The van der Waals surface area contributed by atoms with E-state index in [0.29, 0.717) is 6.61 Å². The Morgan fingerprint density at radius 3 is 2.65 bits per heavy atom. The molecule has 1 aliphatic heterocycles. The summed E-state index contributed by atoms with van der Waals surface area (Å²) in [6.07, 6.45) is 0.933. The van der Waals surface area contributed by atoms with Gasteiger partial charge in [0.05, 0.1) is 0 Å². The fraction of sp³-hybridized carbons (Fsp3) is 0.600. The predicted octanol–water partition coefficient (Wildman–Crippen LogP) is 2.63. The van der Waals surface area contributed by atoms with Gasteiger partial charge in [-0.2, -0.15) is 0 Å². The standard InChI is InChI=1S/C15H22AsO4/c1-16-8-14(18-3)11-7-13(17-2)10-5-6-20-9-12(10)15(11)19-4/h7,14H,5-6,8-9H2,1-4H3. The molecule has 5 heteroatoms. The molecule has 0 saturated heterocycles. The van der Waals surface area contributed by atoms with Crippen molar-refractivity contribution in [1.29, 1.82) is 0 Å². The summed E-state index contributed by atoms with van der Waals surface area (Å²) in [5.74, 6) is 1.83. The minimum absolute atomic E-state index is 0.0658. The number of hydrogen-bond acceptors (Lipinski definition) is 4. The summed E-state index contributed by atoms with van der Waals surface area (Å²) in [5.41, 5.74) is 5.64. The summed E-state index contributed by atoms with van der Waals surface area (Å²) < 4.78 is 22.5. The molecule has 0 aliphatic carbocycles. The van der Waals surface area contributed by atoms with Crippen LogP contribution in [0, 0.1) is 0 Å². The molecular weight excluding hydrogens is 319 g/mol. The molecule has 0 spiro atoms. The summed E-state index contributed by atoms with van der Waals surface area (Å²) in [6, 6.07) is 2.08. The van der Waals surface area contributed by atoms with E-state index in [-0.39, 0.29) is 21.9 Å². The Morgan fingerprint density at radius 1 is 1.25 bits per heavy atom. The van der Waals surface area contributed by atoms with Gasteiger partial charge in [-0.15, -0.1) is 0 Å². The Bertz CT molecular complexity index is 462. The van der Waals surface area contributed by atoms with Crippen LogP contribution in [0.3, 0.4) is 0 Å². The summed E-state index contributed by atoms with van der Waals surface area (Å²) in [5, 5.41) is 1.05. The number of hydrogen-bond donors (Lipinski definition) is 0. The second kappa shape index (κ2) is 7.35. The van der Waals surface area contributed by atoms with Gasteiger partial charge in [0.25, 0.3) is 0 Å². The van der Waals surface area contributed by atoms with Gasteiger partial charge in [0.2, 0.25) is 0 Å². The molecule has 1 unspecified atom stereocenters. The Morgan fingerprint density at radius 2 is 2.05 bits per heavy atom. The van der Waals surface area contributed by atoms with Crippen LogP contribution in [0.2, 0.25) is 10.9 Å². The number of ether oxygens (including phenoxy) is 4. The SMILES string of the molecule is COc1cc(C(C[As]C)OC)c(OC)c2c1CCOC2. The summed E-state index contributed by atoms with van der Waals surface area (Å²) in [7, 11) is 5.19. The Labute approximate surface area is 127 Å². The van der Waals surface area contributed by atoms with Crippen molar-refractivity contribution in [3.8, 4) is 11.5 Å². The zero-order chi connectivity index (χ0) is 14.5. The third-order valence-corrected chi connectivity index (χ3v) is 5.09. The average Bonchev–Trinajstić information content (AvgIpc) is 2.51. The first-order valence-corrected chi connectivity index (χ1v) is 9.89. The molecule has 4 nitrogen and oxygen atoms in total. The van der Waals surface area contributed by atoms with Crippen LogP contribution in [-0.4, -0.2) is 43.7 Å². The zero-order valence-corrected chi connectivity index (χ0v) is 14.4. The monoisotopic (exact) mass is 341 g/mol. The van der Waals surface area contributed by atoms with Gasteiger partial charge in [0, 0.05) is 0 Å². The molecule has 2 rings (SSSR count). The predicted molar refractivity (Wildman–Crippen MR) is 79.1 cm³/mol. The second-order valence-corrected chi connectivity index (χ2v) is 6.78. The van der Waals surface area contributed by atoms with E-state index in [0.717, 1.165) is 40.9 Å². The zero-order valence-electron chi connectivity index (χ0n) is 12.6. The molecule has 0 amide bonds. The Kier molecular flexibility index (Phi) is 5.76. The maximum absolute atomic E-state index is 5.67. The van der Waals surface area contributed by atoms with Gasteiger partial charge < -0.3 is 0 Å². The van der Waals surface area contributed by atoms with E-state index in [9.17, 15) is 0 Å². The average molecular weight is 341 g/mol. The Hall–Kier alpha value is -0.702. The van der Waals surface area contributed by atoms with Crippen LogP contribution in [-0.2, 0) is 22.5 Å². The van der Waals surface area contributed by atoms with Crippen LogP contribution in [0.4, 0.5) is 0 Å². The molecule has 20 heavy (non-hydrogen) atoms. The summed E-state index contributed by atoms with van der Waals surface area (Å²) >= 11 is 0.273. The summed E-state index contributed by atoms with van der Waals surface area (Å²) in [6.45, 7) is 1.32. The van der Waals surface area contributed by atoms with Gasteiger partial charge in [-0.3, -0.25) is 0 Å². The van der Waals surface area contributed by atoms with E-state index in [1.807, 2.05) is 0 Å². The third-order valence-electron chi connectivity index (χ3n) is 3.63. The van der Waals surface area contributed by atoms with Gasteiger partial charge >= 0.3 is 127 Å². The molecule has 0 aromatic heterocycles. The molecule has 0 bridgehead atoms. The molecule has 1 radical (unpaired) electrons. The molecule has 1 aromatic rings. The van der Waals surface area contributed by atoms with Crippen molar-refractivity contribution in [1.82, 2.24) is 0 Å². The first-order valence-electron chi connectivity index (χ1n) is 6.69. The van der Waals surface area contributed by atoms with Crippen molar-refractivity contribution in [3.63, 3.8) is 0 Å².